The Kier molecular flexibility index (Phi) is 3.54. The van der Waals surface area contributed by atoms with Crippen LogP contribution in [0.5, 0.6) is 0 Å². The summed E-state index contributed by atoms with van der Waals surface area (Å²) in [5.41, 5.74) is 0.661. The summed E-state index contributed by atoms with van der Waals surface area (Å²) in [5, 5.41) is 3.14. The van der Waals surface area contributed by atoms with Crippen molar-refractivity contribution >= 4 is 0 Å². The Morgan fingerprint density at radius 3 is 2.94 bits per heavy atom. The fourth-order valence-electron chi connectivity index (χ4n) is 1.59. The van der Waals surface area contributed by atoms with E-state index in [0.717, 1.165) is 12.2 Å². The van der Waals surface area contributed by atoms with E-state index in [1.165, 1.54) is 12.3 Å². The molecule has 3 nitrogen and oxygen atoms in total. The van der Waals surface area contributed by atoms with Gasteiger partial charge in [0.25, 0.3) is 0 Å². The Morgan fingerprint density at radius 1 is 1.41 bits per heavy atom. The Hall–Kier alpha value is -1.68. The van der Waals surface area contributed by atoms with E-state index in [2.05, 4.69) is 17.2 Å². The van der Waals surface area contributed by atoms with Crippen LogP contribution in [-0.4, -0.2) is 18.1 Å². The standard InChI is InChI=1S/C13H15FN2O/c1-9(15-2)5-12-3-4-13(17-12)10-6-11(14)8-16-7-10/h3-4,6-9,15H,5H2,1-2H3. The summed E-state index contributed by atoms with van der Waals surface area (Å²) in [5.74, 6) is 1.17. The number of furan rings is 1. The molecule has 0 aliphatic heterocycles. The van der Waals surface area contributed by atoms with E-state index in [-0.39, 0.29) is 5.82 Å². The minimum absolute atomic E-state index is 0.347. The molecule has 0 amide bonds. The van der Waals surface area contributed by atoms with Gasteiger partial charge in [-0.2, -0.15) is 0 Å². The molecule has 1 unspecified atom stereocenters. The molecule has 0 radical (unpaired) electrons. The van der Waals surface area contributed by atoms with Gasteiger partial charge in [-0.1, -0.05) is 0 Å². The van der Waals surface area contributed by atoms with Crippen molar-refractivity contribution in [1.29, 1.82) is 0 Å². The number of pyridine rings is 1. The number of likely N-dealkylation sites (N-methyl/N-ethyl adjacent to an activating group) is 1. The molecule has 4 heteroatoms. The van der Waals surface area contributed by atoms with Gasteiger partial charge in [0.2, 0.25) is 0 Å². The van der Waals surface area contributed by atoms with Gasteiger partial charge in [-0.3, -0.25) is 4.98 Å². The van der Waals surface area contributed by atoms with Gasteiger partial charge in [-0.05, 0) is 32.2 Å². The molecule has 2 aromatic rings. The highest BCUT2D eigenvalue weighted by molar-refractivity contribution is 5.56. The molecular formula is C13H15FN2O. The molecule has 1 atom stereocenters. The lowest BCUT2D eigenvalue weighted by molar-refractivity contribution is 0.480. The summed E-state index contributed by atoms with van der Waals surface area (Å²) >= 11 is 0. The third kappa shape index (κ3) is 2.91. The van der Waals surface area contributed by atoms with E-state index >= 15 is 0 Å². The van der Waals surface area contributed by atoms with Crippen molar-refractivity contribution in [3.63, 3.8) is 0 Å². The van der Waals surface area contributed by atoms with Gasteiger partial charge in [0, 0.05) is 24.2 Å². The molecule has 0 saturated heterocycles. The molecule has 0 spiro atoms. The van der Waals surface area contributed by atoms with Crippen molar-refractivity contribution in [2.45, 2.75) is 19.4 Å². The zero-order valence-corrected chi connectivity index (χ0v) is 9.90. The van der Waals surface area contributed by atoms with Crippen molar-refractivity contribution in [3.8, 4) is 11.3 Å². The van der Waals surface area contributed by atoms with Crippen LogP contribution in [0.2, 0.25) is 0 Å². The zero-order valence-electron chi connectivity index (χ0n) is 9.90. The number of aromatic nitrogens is 1. The van der Waals surface area contributed by atoms with Crippen LogP contribution < -0.4 is 5.32 Å². The largest absolute Gasteiger partial charge is 0.461 e. The van der Waals surface area contributed by atoms with E-state index in [4.69, 9.17) is 4.42 Å². The molecule has 0 fully saturated rings. The highest BCUT2D eigenvalue weighted by Gasteiger charge is 2.08. The summed E-state index contributed by atoms with van der Waals surface area (Å²) in [4.78, 5) is 3.80. The molecule has 0 saturated carbocycles. The Bertz CT molecular complexity index is 496. The zero-order chi connectivity index (χ0) is 12.3. The number of halogens is 1. The Labute approximate surface area is 99.7 Å². The highest BCUT2D eigenvalue weighted by Crippen LogP contribution is 2.22. The molecule has 2 rings (SSSR count). The van der Waals surface area contributed by atoms with Gasteiger partial charge in [0.05, 0.1) is 6.20 Å². The normalized spacial score (nSPS) is 12.6. The van der Waals surface area contributed by atoms with Crippen molar-refractivity contribution in [2.24, 2.45) is 0 Å². The topological polar surface area (TPSA) is 38.1 Å². The van der Waals surface area contributed by atoms with E-state index in [0.29, 0.717) is 17.4 Å². The number of nitrogens with one attached hydrogen (secondary N) is 1. The van der Waals surface area contributed by atoms with E-state index in [1.54, 1.807) is 6.20 Å². The fourth-order valence-corrected chi connectivity index (χ4v) is 1.59. The predicted octanol–water partition coefficient (Wildman–Crippen LogP) is 2.63. The van der Waals surface area contributed by atoms with Gasteiger partial charge in [0.1, 0.15) is 17.3 Å². The smallest absolute Gasteiger partial charge is 0.142 e. The quantitative estimate of drug-likeness (QED) is 0.883. The molecule has 0 aromatic carbocycles. The van der Waals surface area contributed by atoms with Crippen LogP contribution in [0.3, 0.4) is 0 Å². The number of hydrogen-bond acceptors (Lipinski definition) is 3. The molecule has 2 aromatic heterocycles. The van der Waals surface area contributed by atoms with E-state index in [9.17, 15) is 4.39 Å². The lowest BCUT2D eigenvalue weighted by atomic mass is 10.2. The maximum Gasteiger partial charge on any atom is 0.142 e. The van der Waals surface area contributed by atoms with Crippen LogP contribution in [0.15, 0.2) is 35.0 Å². The molecule has 17 heavy (non-hydrogen) atoms. The number of rotatable bonds is 4. The first kappa shape index (κ1) is 11.8. The monoisotopic (exact) mass is 234 g/mol. The second-order valence-electron chi connectivity index (χ2n) is 4.05. The molecule has 90 valence electrons. The minimum atomic E-state index is -0.357. The molecular weight excluding hydrogens is 219 g/mol. The molecule has 1 N–H and O–H groups in total. The van der Waals surface area contributed by atoms with Crippen molar-refractivity contribution in [3.05, 3.63) is 42.2 Å². The van der Waals surface area contributed by atoms with Gasteiger partial charge in [-0.15, -0.1) is 0 Å². The first-order valence-electron chi connectivity index (χ1n) is 5.56. The van der Waals surface area contributed by atoms with Gasteiger partial charge in [0.15, 0.2) is 0 Å². The third-order valence-electron chi connectivity index (χ3n) is 2.65. The van der Waals surface area contributed by atoms with E-state index < -0.39 is 0 Å². The summed E-state index contributed by atoms with van der Waals surface area (Å²) in [6, 6.07) is 5.51. The van der Waals surface area contributed by atoms with Gasteiger partial charge in [-0.25, -0.2) is 4.39 Å². The second-order valence-corrected chi connectivity index (χ2v) is 4.05. The van der Waals surface area contributed by atoms with Crippen LogP contribution in [0.25, 0.3) is 11.3 Å². The first-order chi connectivity index (χ1) is 8.19. The van der Waals surface area contributed by atoms with Crippen molar-refractivity contribution in [2.75, 3.05) is 7.05 Å². The molecule has 2 heterocycles. The highest BCUT2D eigenvalue weighted by atomic mass is 19.1. The third-order valence-corrected chi connectivity index (χ3v) is 2.65. The fraction of sp³-hybridized carbons (Fsp3) is 0.308. The first-order valence-corrected chi connectivity index (χ1v) is 5.56. The SMILES string of the molecule is CNC(C)Cc1ccc(-c2cncc(F)c2)o1. The molecule has 0 aliphatic carbocycles. The Balaban J connectivity index is 2.18. The summed E-state index contributed by atoms with van der Waals surface area (Å²) in [6.07, 6.45) is 3.57. The van der Waals surface area contributed by atoms with Crippen LogP contribution >= 0.6 is 0 Å². The lowest BCUT2D eigenvalue weighted by Crippen LogP contribution is -2.23. The van der Waals surface area contributed by atoms with Gasteiger partial charge >= 0.3 is 0 Å². The minimum Gasteiger partial charge on any atom is -0.461 e. The second kappa shape index (κ2) is 5.10. The number of nitrogens with zero attached hydrogens (tertiary/aromatic N) is 1. The van der Waals surface area contributed by atoms with Crippen LogP contribution in [-0.2, 0) is 6.42 Å². The summed E-state index contributed by atoms with van der Waals surface area (Å²) in [6.45, 7) is 2.08. The number of hydrogen-bond donors (Lipinski definition) is 1. The van der Waals surface area contributed by atoms with Crippen LogP contribution in [0.4, 0.5) is 4.39 Å². The van der Waals surface area contributed by atoms with Crippen LogP contribution in [0.1, 0.15) is 12.7 Å². The maximum absolute atomic E-state index is 13.0. The lowest BCUT2D eigenvalue weighted by Gasteiger charge is -2.06. The van der Waals surface area contributed by atoms with Gasteiger partial charge < -0.3 is 9.73 Å². The maximum atomic E-state index is 13.0. The Morgan fingerprint density at radius 2 is 2.24 bits per heavy atom. The summed E-state index contributed by atoms with van der Waals surface area (Å²) < 4.78 is 18.7. The predicted molar refractivity (Wildman–Crippen MR) is 64.1 cm³/mol. The average molecular weight is 234 g/mol. The van der Waals surface area contributed by atoms with E-state index in [1.807, 2.05) is 19.2 Å². The molecule has 0 aliphatic rings. The summed E-state index contributed by atoms with van der Waals surface area (Å²) in [7, 11) is 1.91. The molecule has 0 bridgehead atoms. The van der Waals surface area contributed by atoms with Crippen LogP contribution in [0, 0.1) is 5.82 Å². The van der Waals surface area contributed by atoms with Crippen molar-refractivity contribution < 1.29 is 8.81 Å². The van der Waals surface area contributed by atoms with Crippen molar-refractivity contribution in [1.82, 2.24) is 10.3 Å². The average Bonchev–Trinajstić information content (AvgIpc) is 2.77.